The number of ether oxygens (including phenoxy) is 1. The number of hydrogen-bond acceptors (Lipinski definition) is 3. The molecule has 3 rings (SSSR count). The van der Waals surface area contributed by atoms with Gasteiger partial charge in [0.1, 0.15) is 5.75 Å². The number of nitrogens with one attached hydrogen (secondary N) is 2. The summed E-state index contributed by atoms with van der Waals surface area (Å²) in [5.74, 6) is 0.602. The van der Waals surface area contributed by atoms with Crippen LogP contribution in [-0.2, 0) is 17.6 Å². The SMILES string of the molecule is CCc1cccc(C)c1NCC(=O)Nc1ccccc1OCCCc1ccccc1. The van der Waals surface area contributed by atoms with Crippen molar-refractivity contribution in [2.24, 2.45) is 0 Å². The molecule has 0 aliphatic heterocycles. The predicted molar refractivity (Wildman–Crippen MR) is 124 cm³/mol. The molecule has 4 nitrogen and oxygen atoms in total. The normalized spacial score (nSPS) is 10.5. The highest BCUT2D eigenvalue weighted by Gasteiger charge is 2.10. The van der Waals surface area contributed by atoms with Crippen molar-refractivity contribution in [3.63, 3.8) is 0 Å². The second-order valence-corrected chi connectivity index (χ2v) is 7.30. The van der Waals surface area contributed by atoms with Crippen molar-refractivity contribution in [3.8, 4) is 5.75 Å². The molecule has 2 N–H and O–H groups in total. The van der Waals surface area contributed by atoms with Gasteiger partial charge < -0.3 is 15.4 Å². The van der Waals surface area contributed by atoms with Crippen LogP contribution in [0.2, 0.25) is 0 Å². The van der Waals surface area contributed by atoms with E-state index < -0.39 is 0 Å². The third kappa shape index (κ3) is 6.11. The predicted octanol–water partition coefficient (Wildman–Crippen LogP) is 5.62. The first-order chi connectivity index (χ1) is 14.7. The molecule has 1 amide bonds. The monoisotopic (exact) mass is 402 g/mol. The van der Waals surface area contributed by atoms with Crippen LogP contribution in [0.25, 0.3) is 0 Å². The lowest BCUT2D eigenvalue weighted by molar-refractivity contribution is -0.114. The lowest BCUT2D eigenvalue weighted by Gasteiger charge is -2.15. The van der Waals surface area contributed by atoms with E-state index in [2.05, 4.69) is 60.9 Å². The lowest BCUT2D eigenvalue weighted by atomic mass is 10.1. The molecule has 0 atom stereocenters. The number of aryl methyl sites for hydroxylation is 3. The van der Waals surface area contributed by atoms with Gasteiger partial charge in [0, 0.05) is 5.69 Å². The van der Waals surface area contributed by atoms with Gasteiger partial charge in [-0.15, -0.1) is 0 Å². The number of carbonyl (C=O) groups is 1. The van der Waals surface area contributed by atoms with Crippen molar-refractivity contribution in [1.82, 2.24) is 0 Å². The summed E-state index contributed by atoms with van der Waals surface area (Å²) in [6, 6.07) is 24.1. The highest BCUT2D eigenvalue weighted by atomic mass is 16.5. The zero-order valence-corrected chi connectivity index (χ0v) is 17.8. The Balaban J connectivity index is 1.52. The van der Waals surface area contributed by atoms with Crippen LogP contribution in [0.1, 0.15) is 30.0 Å². The van der Waals surface area contributed by atoms with Crippen LogP contribution in [0.4, 0.5) is 11.4 Å². The van der Waals surface area contributed by atoms with Crippen LogP contribution in [0.15, 0.2) is 72.8 Å². The molecule has 30 heavy (non-hydrogen) atoms. The zero-order chi connectivity index (χ0) is 21.2. The lowest BCUT2D eigenvalue weighted by Crippen LogP contribution is -2.23. The zero-order valence-electron chi connectivity index (χ0n) is 17.8. The van der Waals surface area contributed by atoms with Crippen LogP contribution < -0.4 is 15.4 Å². The minimum absolute atomic E-state index is 0.0966. The molecule has 0 bridgehead atoms. The second-order valence-electron chi connectivity index (χ2n) is 7.30. The van der Waals surface area contributed by atoms with Crippen molar-refractivity contribution < 1.29 is 9.53 Å². The number of carbonyl (C=O) groups excluding carboxylic acids is 1. The quantitative estimate of drug-likeness (QED) is 0.433. The average molecular weight is 403 g/mol. The molecule has 0 spiro atoms. The fourth-order valence-corrected chi connectivity index (χ4v) is 3.44. The number of rotatable bonds is 10. The van der Waals surface area contributed by atoms with Gasteiger partial charge in [-0.25, -0.2) is 0 Å². The van der Waals surface area contributed by atoms with Crippen LogP contribution in [-0.4, -0.2) is 19.1 Å². The maximum atomic E-state index is 12.5. The number of hydrogen-bond donors (Lipinski definition) is 2. The summed E-state index contributed by atoms with van der Waals surface area (Å²) in [6.07, 6.45) is 2.81. The molecule has 3 aromatic rings. The summed E-state index contributed by atoms with van der Waals surface area (Å²) in [7, 11) is 0. The Hall–Kier alpha value is -3.27. The van der Waals surface area contributed by atoms with Crippen molar-refractivity contribution in [2.75, 3.05) is 23.8 Å². The van der Waals surface area contributed by atoms with E-state index in [4.69, 9.17) is 4.74 Å². The van der Waals surface area contributed by atoms with Gasteiger partial charge in [0.05, 0.1) is 18.8 Å². The first kappa shape index (κ1) is 21.4. The van der Waals surface area contributed by atoms with Gasteiger partial charge in [0.15, 0.2) is 0 Å². The summed E-state index contributed by atoms with van der Waals surface area (Å²) in [5.41, 5.74) is 5.40. The van der Waals surface area contributed by atoms with Crippen LogP contribution in [0, 0.1) is 6.92 Å². The van der Waals surface area contributed by atoms with Crippen molar-refractivity contribution in [1.29, 1.82) is 0 Å². The van der Waals surface area contributed by atoms with E-state index in [1.54, 1.807) is 0 Å². The Labute approximate surface area is 179 Å². The van der Waals surface area contributed by atoms with Crippen LogP contribution in [0.5, 0.6) is 5.75 Å². The fourth-order valence-electron chi connectivity index (χ4n) is 3.44. The molecule has 0 unspecified atom stereocenters. The molecule has 0 aliphatic carbocycles. The Bertz CT molecular complexity index is 954. The standard InChI is InChI=1S/C26H30N2O2/c1-3-22-15-9-11-20(2)26(22)27-19-25(29)28-23-16-7-8-17-24(23)30-18-10-14-21-12-5-4-6-13-21/h4-9,11-13,15-17,27H,3,10,14,18-19H2,1-2H3,(H,28,29). The van der Waals surface area contributed by atoms with Crippen LogP contribution >= 0.6 is 0 Å². The van der Waals surface area contributed by atoms with Gasteiger partial charge in [-0.05, 0) is 55.0 Å². The molecule has 3 aromatic carbocycles. The van der Waals surface area contributed by atoms with Crippen LogP contribution in [0.3, 0.4) is 0 Å². The fraction of sp³-hybridized carbons (Fsp3) is 0.269. The highest BCUT2D eigenvalue weighted by Crippen LogP contribution is 2.24. The first-order valence-corrected chi connectivity index (χ1v) is 10.6. The summed E-state index contributed by atoms with van der Waals surface area (Å²) >= 11 is 0. The summed E-state index contributed by atoms with van der Waals surface area (Å²) in [6.45, 7) is 4.98. The molecule has 0 saturated carbocycles. The Morgan fingerprint density at radius 2 is 1.70 bits per heavy atom. The third-order valence-corrected chi connectivity index (χ3v) is 5.04. The number of amides is 1. The van der Waals surface area contributed by atoms with E-state index in [9.17, 15) is 4.79 Å². The van der Waals surface area contributed by atoms with E-state index in [0.29, 0.717) is 18.0 Å². The van der Waals surface area contributed by atoms with Gasteiger partial charge in [-0.1, -0.05) is 67.6 Å². The number of anilines is 2. The molecule has 0 radical (unpaired) electrons. The Morgan fingerprint density at radius 3 is 2.50 bits per heavy atom. The second kappa shape index (κ2) is 11.1. The maximum absolute atomic E-state index is 12.5. The molecule has 0 saturated heterocycles. The molecule has 0 heterocycles. The molecular weight excluding hydrogens is 372 g/mol. The van der Waals surface area contributed by atoms with E-state index in [-0.39, 0.29) is 12.5 Å². The van der Waals surface area contributed by atoms with Gasteiger partial charge in [-0.3, -0.25) is 4.79 Å². The molecule has 156 valence electrons. The van der Waals surface area contributed by atoms with Gasteiger partial charge in [-0.2, -0.15) is 0 Å². The van der Waals surface area contributed by atoms with Gasteiger partial charge >= 0.3 is 0 Å². The minimum Gasteiger partial charge on any atom is -0.491 e. The summed E-state index contributed by atoms with van der Waals surface area (Å²) in [4.78, 5) is 12.5. The molecule has 0 aromatic heterocycles. The highest BCUT2D eigenvalue weighted by molar-refractivity contribution is 5.95. The summed E-state index contributed by atoms with van der Waals surface area (Å²) < 4.78 is 5.94. The summed E-state index contributed by atoms with van der Waals surface area (Å²) in [5, 5.41) is 6.26. The first-order valence-electron chi connectivity index (χ1n) is 10.6. The van der Waals surface area contributed by atoms with Gasteiger partial charge in [0.25, 0.3) is 0 Å². The van der Waals surface area contributed by atoms with E-state index in [0.717, 1.165) is 30.5 Å². The Kier molecular flexibility index (Phi) is 7.90. The van der Waals surface area contributed by atoms with Gasteiger partial charge in [0.2, 0.25) is 5.91 Å². The molecule has 0 aliphatic rings. The molecule has 4 heteroatoms. The van der Waals surface area contributed by atoms with E-state index >= 15 is 0 Å². The molecular formula is C26H30N2O2. The van der Waals surface area contributed by atoms with Crippen molar-refractivity contribution in [3.05, 3.63) is 89.5 Å². The number of benzene rings is 3. The van der Waals surface area contributed by atoms with E-state index in [1.165, 1.54) is 11.1 Å². The number of para-hydroxylation sites is 3. The smallest absolute Gasteiger partial charge is 0.243 e. The Morgan fingerprint density at radius 1 is 0.933 bits per heavy atom. The van der Waals surface area contributed by atoms with Crippen molar-refractivity contribution in [2.45, 2.75) is 33.1 Å². The maximum Gasteiger partial charge on any atom is 0.243 e. The largest absolute Gasteiger partial charge is 0.491 e. The third-order valence-electron chi connectivity index (χ3n) is 5.04. The minimum atomic E-state index is -0.0966. The average Bonchev–Trinajstić information content (AvgIpc) is 2.77. The van der Waals surface area contributed by atoms with Crippen molar-refractivity contribution >= 4 is 17.3 Å². The molecule has 0 fully saturated rings. The topological polar surface area (TPSA) is 50.4 Å². The van der Waals surface area contributed by atoms with E-state index in [1.807, 2.05) is 36.4 Å².